The first-order chi connectivity index (χ1) is 12.6. The molecule has 1 aromatic carbocycles. The maximum Gasteiger partial charge on any atom is 0.256 e. The third-order valence-corrected chi connectivity index (χ3v) is 5.10. The number of hydrogen-bond acceptors (Lipinski definition) is 7. The molecule has 0 radical (unpaired) electrons. The van der Waals surface area contributed by atoms with Crippen molar-refractivity contribution >= 4 is 11.8 Å². The van der Waals surface area contributed by atoms with Crippen LogP contribution in [-0.4, -0.2) is 49.0 Å². The van der Waals surface area contributed by atoms with E-state index in [4.69, 9.17) is 14.2 Å². The van der Waals surface area contributed by atoms with Crippen LogP contribution >= 0.6 is 11.8 Å². The number of methoxy groups -OCH3 is 3. The van der Waals surface area contributed by atoms with Gasteiger partial charge in [0, 0.05) is 38.2 Å². The molecule has 1 aromatic heterocycles. The van der Waals surface area contributed by atoms with Crippen LogP contribution in [-0.2, 0) is 19.5 Å². The van der Waals surface area contributed by atoms with Gasteiger partial charge in [0.15, 0.2) is 5.16 Å². The Morgan fingerprint density at radius 3 is 2.46 bits per heavy atom. The average Bonchev–Trinajstić information content (AvgIpc) is 2.68. The average molecular weight is 377 g/mol. The minimum absolute atomic E-state index is 0.0577. The van der Waals surface area contributed by atoms with Gasteiger partial charge < -0.3 is 19.2 Å². The second-order valence-corrected chi connectivity index (χ2v) is 6.77. The molecule has 0 saturated carbocycles. The fraction of sp³-hybridized carbons (Fsp3) is 0.444. The maximum absolute atomic E-state index is 12.4. The van der Waals surface area contributed by atoms with Crippen LogP contribution in [0.15, 0.2) is 22.1 Å². The highest BCUT2D eigenvalue weighted by Crippen LogP contribution is 2.35. The summed E-state index contributed by atoms with van der Waals surface area (Å²) < 4.78 is 16.4. The van der Waals surface area contributed by atoms with Gasteiger partial charge in [0.2, 0.25) is 0 Å². The van der Waals surface area contributed by atoms with Crippen LogP contribution < -0.4 is 19.8 Å². The molecule has 0 spiro atoms. The third-order valence-electron chi connectivity index (χ3n) is 4.52. The van der Waals surface area contributed by atoms with E-state index in [1.165, 1.54) is 11.8 Å². The lowest BCUT2D eigenvalue weighted by Gasteiger charge is -2.28. The molecule has 1 aliphatic heterocycles. The van der Waals surface area contributed by atoms with E-state index in [1.54, 1.807) is 21.3 Å². The van der Waals surface area contributed by atoms with Gasteiger partial charge >= 0.3 is 0 Å². The Balaban J connectivity index is 1.88. The zero-order chi connectivity index (χ0) is 18.7. The highest BCUT2D eigenvalue weighted by molar-refractivity contribution is 7.98. The lowest BCUT2D eigenvalue weighted by Crippen LogP contribution is -2.35. The lowest BCUT2D eigenvalue weighted by atomic mass is 10.1. The molecule has 26 heavy (non-hydrogen) atoms. The van der Waals surface area contributed by atoms with Gasteiger partial charge in [0.05, 0.1) is 38.2 Å². The number of aromatic amines is 1. The van der Waals surface area contributed by atoms with Gasteiger partial charge in [-0.25, -0.2) is 4.98 Å². The number of ether oxygens (including phenoxy) is 3. The summed E-state index contributed by atoms with van der Waals surface area (Å²) in [5.74, 6) is 2.09. The molecule has 1 N–H and O–H groups in total. The fourth-order valence-electron chi connectivity index (χ4n) is 3.15. The summed E-state index contributed by atoms with van der Waals surface area (Å²) in [5, 5.41) is 0.667. The van der Waals surface area contributed by atoms with Crippen molar-refractivity contribution in [1.82, 2.24) is 14.9 Å². The van der Waals surface area contributed by atoms with Crippen LogP contribution in [0.2, 0.25) is 0 Å². The van der Waals surface area contributed by atoms with Crippen molar-refractivity contribution in [2.24, 2.45) is 0 Å². The summed E-state index contributed by atoms with van der Waals surface area (Å²) in [7, 11) is 4.86. The topological polar surface area (TPSA) is 76.7 Å². The number of H-pyrrole nitrogens is 1. The van der Waals surface area contributed by atoms with E-state index >= 15 is 0 Å². The molecule has 0 amide bonds. The van der Waals surface area contributed by atoms with Crippen molar-refractivity contribution in [1.29, 1.82) is 0 Å². The van der Waals surface area contributed by atoms with Crippen LogP contribution in [0.5, 0.6) is 17.2 Å². The summed E-state index contributed by atoms with van der Waals surface area (Å²) >= 11 is 1.45. The Kier molecular flexibility index (Phi) is 5.73. The highest BCUT2D eigenvalue weighted by atomic mass is 32.2. The molecule has 0 unspecified atom stereocenters. The van der Waals surface area contributed by atoms with E-state index in [0.29, 0.717) is 35.5 Å². The molecule has 3 rings (SSSR count). The largest absolute Gasteiger partial charge is 0.496 e. The minimum Gasteiger partial charge on any atom is -0.496 e. The van der Waals surface area contributed by atoms with Crippen molar-refractivity contribution in [2.75, 3.05) is 34.1 Å². The molecule has 0 atom stereocenters. The van der Waals surface area contributed by atoms with E-state index in [0.717, 1.165) is 29.8 Å². The molecular weight excluding hydrogens is 354 g/mol. The monoisotopic (exact) mass is 377 g/mol. The van der Waals surface area contributed by atoms with Crippen molar-refractivity contribution in [3.63, 3.8) is 0 Å². The molecular formula is C18H23N3O4S. The number of thioether (sulfide) groups is 1. The SMILES string of the molecule is COc1cc(OC)c(CN2CCc3nc(SC)[nH]c(=O)c3C2)c(OC)c1. The Morgan fingerprint density at radius 2 is 1.88 bits per heavy atom. The number of hydrogen-bond donors (Lipinski definition) is 1. The standard InChI is InChI=1S/C18H23N3O4S/c1-23-11-7-15(24-2)13(16(8-11)25-3)10-21-6-5-14-12(9-21)17(22)20-18(19-14)26-4/h7-8H,5-6,9-10H2,1-4H3,(H,19,20,22). The van der Waals surface area contributed by atoms with E-state index in [2.05, 4.69) is 14.9 Å². The van der Waals surface area contributed by atoms with E-state index in [9.17, 15) is 4.79 Å². The van der Waals surface area contributed by atoms with Gasteiger partial charge in [0.25, 0.3) is 5.56 Å². The summed E-state index contributed by atoms with van der Waals surface area (Å²) in [6.45, 7) is 1.97. The lowest BCUT2D eigenvalue weighted by molar-refractivity contribution is 0.233. The first-order valence-electron chi connectivity index (χ1n) is 8.26. The Bertz CT molecular complexity index is 828. The molecule has 7 nitrogen and oxygen atoms in total. The second kappa shape index (κ2) is 8.01. The zero-order valence-electron chi connectivity index (χ0n) is 15.4. The smallest absolute Gasteiger partial charge is 0.256 e. The van der Waals surface area contributed by atoms with E-state index in [1.807, 2.05) is 18.4 Å². The molecule has 140 valence electrons. The van der Waals surface area contributed by atoms with Crippen LogP contribution in [0.1, 0.15) is 16.8 Å². The highest BCUT2D eigenvalue weighted by Gasteiger charge is 2.24. The molecule has 0 bridgehead atoms. The van der Waals surface area contributed by atoms with E-state index in [-0.39, 0.29) is 5.56 Å². The summed E-state index contributed by atoms with van der Waals surface area (Å²) in [4.78, 5) is 21.9. The summed E-state index contributed by atoms with van der Waals surface area (Å²) in [6, 6.07) is 3.68. The number of aromatic nitrogens is 2. The molecule has 1 aliphatic rings. The van der Waals surface area contributed by atoms with Crippen molar-refractivity contribution in [2.45, 2.75) is 24.7 Å². The van der Waals surface area contributed by atoms with Gasteiger partial charge in [0.1, 0.15) is 17.2 Å². The number of nitrogens with one attached hydrogen (secondary N) is 1. The number of benzene rings is 1. The Labute approximate surface area is 156 Å². The summed E-state index contributed by atoms with van der Waals surface area (Å²) in [6.07, 6.45) is 2.65. The van der Waals surface area contributed by atoms with Gasteiger partial charge in [-0.15, -0.1) is 0 Å². The van der Waals surface area contributed by atoms with Gasteiger partial charge in [-0.05, 0) is 6.26 Å². The zero-order valence-corrected chi connectivity index (χ0v) is 16.2. The summed E-state index contributed by atoms with van der Waals surface area (Å²) in [5.41, 5.74) is 2.51. The van der Waals surface area contributed by atoms with Crippen molar-refractivity contribution in [3.8, 4) is 17.2 Å². The maximum atomic E-state index is 12.4. The van der Waals surface area contributed by atoms with Gasteiger partial charge in [-0.3, -0.25) is 9.69 Å². The van der Waals surface area contributed by atoms with Crippen LogP contribution in [0.4, 0.5) is 0 Å². The molecule has 0 fully saturated rings. The molecule has 2 heterocycles. The Morgan fingerprint density at radius 1 is 1.19 bits per heavy atom. The first kappa shape index (κ1) is 18.6. The molecule has 0 saturated heterocycles. The molecule has 2 aromatic rings. The minimum atomic E-state index is -0.0577. The molecule has 0 aliphatic carbocycles. The van der Waals surface area contributed by atoms with Crippen molar-refractivity contribution in [3.05, 3.63) is 39.3 Å². The van der Waals surface area contributed by atoms with Crippen LogP contribution in [0.25, 0.3) is 0 Å². The number of fused-ring (bicyclic) bond motifs is 1. The predicted molar refractivity (Wildman–Crippen MR) is 101 cm³/mol. The van der Waals surface area contributed by atoms with Crippen LogP contribution in [0, 0.1) is 0 Å². The normalized spacial score (nSPS) is 14.0. The first-order valence-corrected chi connectivity index (χ1v) is 9.49. The Hall–Kier alpha value is -2.19. The van der Waals surface area contributed by atoms with Crippen molar-refractivity contribution < 1.29 is 14.2 Å². The fourth-order valence-corrected chi connectivity index (χ4v) is 3.54. The predicted octanol–water partition coefficient (Wildman–Crippen LogP) is 2.08. The van der Waals surface area contributed by atoms with E-state index < -0.39 is 0 Å². The van der Waals surface area contributed by atoms with Crippen LogP contribution in [0.3, 0.4) is 0 Å². The number of nitrogens with zero attached hydrogens (tertiary/aromatic N) is 2. The number of rotatable bonds is 6. The quantitative estimate of drug-likeness (QED) is 0.610. The van der Waals surface area contributed by atoms with Gasteiger partial charge in [-0.1, -0.05) is 11.8 Å². The van der Waals surface area contributed by atoms with Gasteiger partial charge in [-0.2, -0.15) is 0 Å². The molecule has 8 heteroatoms. The third kappa shape index (κ3) is 3.66. The second-order valence-electron chi connectivity index (χ2n) is 5.97.